The van der Waals surface area contributed by atoms with Gasteiger partial charge in [-0.05, 0) is 12.3 Å². The van der Waals surface area contributed by atoms with E-state index >= 15 is 0 Å². The molecule has 2 N–H and O–H groups in total. The number of fused-ring (bicyclic) bond motifs is 1. The molecule has 0 amide bonds. The molecule has 5 nitrogen and oxygen atoms in total. The number of hydrogen-bond acceptors (Lipinski definition) is 4. The van der Waals surface area contributed by atoms with Gasteiger partial charge in [-0.1, -0.05) is 20.8 Å². The van der Waals surface area contributed by atoms with Gasteiger partial charge < -0.3 is 10.3 Å². The van der Waals surface area contributed by atoms with Gasteiger partial charge in [-0.15, -0.1) is 0 Å². The van der Waals surface area contributed by atoms with Gasteiger partial charge in [0, 0.05) is 6.04 Å². The van der Waals surface area contributed by atoms with Crippen LogP contribution in [-0.4, -0.2) is 19.5 Å². The molecule has 0 saturated carbocycles. The van der Waals surface area contributed by atoms with Crippen molar-refractivity contribution in [2.24, 2.45) is 5.41 Å². The van der Waals surface area contributed by atoms with Crippen LogP contribution in [-0.2, 0) is 0 Å². The van der Waals surface area contributed by atoms with Crippen LogP contribution in [0.1, 0.15) is 33.7 Å². The lowest BCUT2D eigenvalue weighted by Gasteiger charge is -2.28. The van der Waals surface area contributed by atoms with Crippen molar-refractivity contribution in [2.75, 3.05) is 5.73 Å². The molecular formula is C11H17N5. The molecule has 2 rings (SSSR count). The second kappa shape index (κ2) is 3.43. The standard InChI is InChI=1S/C11H17N5/c1-7(11(2,3)4)16-6-15-8-9(12)13-5-14-10(8)16/h5-7H,1-4H3,(H2,12,13,14)/t7-/m1/s1. The minimum absolute atomic E-state index is 0.146. The van der Waals surface area contributed by atoms with Gasteiger partial charge in [0.05, 0.1) is 6.33 Å². The van der Waals surface area contributed by atoms with Gasteiger partial charge in [-0.2, -0.15) is 0 Å². The van der Waals surface area contributed by atoms with E-state index in [2.05, 4.69) is 42.6 Å². The SMILES string of the molecule is C[C@@H](n1cnc2c(N)ncnc21)C(C)(C)C. The van der Waals surface area contributed by atoms with E-state index in [4.69, 9.17) is 5.73 Å². The predicted octanol–water partition coefficient (Wildman–Crippen LogP) is 2.02. The molecule has 0 aliphatic carbocycles. The lowest BCUT2D eigenvalue weighted by Crippen LogP contribution is -2.21. The summed E-state index contributed by atoms with van der Waals surface area (Å²) in [6, 6.07) is 0.298. The van der Waals surface area contributed by atoms with Crippen LogP contribution >= 0.6 is 0 Å². The highest BCUT2D eigenvalue weighted by Crippen LogP contribution is 2.32. The molecule has 86 valence electrons. The van der Waals surface area contributed by atoms with E-state index in [1.165, 1.54) is 6.33 Å². The Labute approximate surface area is 94.7 Å². The maximum absolute atomic E-state index is 5.75. The quantitative estimate of drug-likeness (QED) is 0.796. The number of aromatic nitrogens is 4. The largest absolute Gasteiger partial charge is 0.382 e. The van der Waals surface area contributed by atoms with E-state index in [1.54, 1.807) is 6.33 Å². The number of nitrogens with two attached hydrogens (primary N) is 1. The fourth-order valence-corrected chi connectivity index (χ4v) is 1.57. The van der Waals surface area contributed by atoms with Gasteiger partial charge in [-0.3, -0.25) is 0 Å². The Balaban J connectivity index is 2.59. The lowest BCUT2D eigenvalue weighted by molar-refractivity contribution is 0.266. The van der Waals surface area contributed by atoms with Crippen molar-refractivity contribution < 1.29 is 0 Å². The molecule has 0 unspecified atom stereocenters. The summed E-state index contributed by atoms with van der Waals surface area (Å²) in [6.45, 7) is 8.72. The summed E-state index contributed by atoms with van der Waals surface area (Å²) < 4.78 is 2.05. The fourth-order valence-electron chi connectivity index (χ4n) is 1.57. The molecule has 2 aromatic rings. The Kier molecular flexibility index (Phi) is 2.33. The molecule has 16 heavy (non-hydrogen) atoms. The Hall–Kier alpha value is -1.65. The molecule has 0 aliphatic heterocycles. The fraction of sp³-hybridized carbons (Fsp3) is 0.545. The molecule has 0 spiro atoms. The van der Waals surface area contributed by atoms with Crippen molar-refractivity contribution in [3.8, 4) is 0 Å². The smallest absolute Gasteiger partial charge is 0.165 e. The lowest BCUT2D eigenvalue weighted by atomic mass is 9.88. The van der Waals surface area contributed by atoms with Crippen LogP contribution in [0.5, 0.6) is 0 Å². The molecule has 0 saturated heterocycles. The first kappa shape index (κ1) is 10.9. The summed E-state index contributed by atoms with van der Waals surface area (Å²) in [4.78, 5) is 12.4. The van der Waals surface area contributed by atoms with Crippen LogP contribution in [0, 0.1) is 5.41 Å². The average molecular weight is 219 g/mol. The Morgan fingerprint density at radius 1 is 1.25 bits per heavy atom. The van der Waals surface area contributed by atoms with Crippen molar-refractivity contribution in [3.63, 3.8) is 0 Å². The van der Waals surface area contributed by atoms with Gasteiger partial charge in [0.25, 0.3) is 0 Å². The molecule has 2 heterocycles. The molecule has 1 atom stereocenters. The highest BCUT2D eigenvalue weighted by molar-refractivity contribution is 5.81. The third-order valence-electron chi connectivity index (χ3n) is 3.06. The molecular weight excluding hydrogens is 202 g/mol. The zero-order valence-electron chi connectivity index (χ0n) is 10.1. The zero-order chi connectivity index (χ0) is 11.9. The van der Waals surface area contributed by atoms with E-state index < -0.39 is 0 Å². The van der Waals surface area contributed by atoms with Crippen LogP contribution in [0.15, 0.2) is 12.7 Å². The third-order valence-corrected chi connectivity index (χ3v) is 3.06. The van der Waals surface area contributed by atoms with Crippen LogP contribution < -0.4 is 5.73 Å². The van der Waals surface area contributed by atoms with E-state index in [0.717, 1.165) is 5.65 Å². The topological polar surface area (TPSA) is 69.6 Å². The molecule has 0 bridgehead atoms. The van der Waals surface area contributed by atoms with Gasteiger partial charge in [-0.25, -0.2) is 15.0 Å². The molecule has 0 fully saturated rings. The van der Waals surface area contributed by atoms with Gasteiger partial charge in [0.15, 0.2) is 11.5 Å². The Bertz CT molecular complexity index is 509. The Morgan fingerprint density at radius 3 is 2.56 bits per heavy atom. The van der Waals surface area contributed by atoms with Gasteiger partial charge >= 0.3 is 0 Å². The highest BCUT2D eigenvalue weighted by atomic mass is 15.1. The third kappa shape index (κ3) is 1.62. The van der Waals surface area contributed by atoms with E-state index in [-0.39, 0.29) is 5.41 Å². The first-order valence-electron chi connectivity index (χ1n) is 5.34. The van der Waals surface area contributed by atoms with Gasteiger partial charge in [0.1, 0.15) is 11.8 Å². The summed E-state index contributed by atoms with van der Waals surface area (Å²) in [5, 5.41) is 0. The molecule has 0 aromatic carbocycles. The second-order valence-corrected chi connectivity index (χ2v) is 5.12. The second-order valence-electron chi connectivity index (χ2n) is 5.12. The minimum atomic E-state index is 0.146. The molecule has 5 heteroatoms. The van der Waals surface area contributed by atoms with Crippen molar-refractivity contribution in [3.05, 3.63) is 12.7 Å². The predicted molar refractivity (Wildman–Crippen MR) is 63.9 cm³/mol. The van der Waals surface area contributed by atoms with Crippen LogP contribution in [0.4, 0.5) is 5.82 Å². The van der Waals surface area contributed by atoms with Crippen LogP contribution in [0.3, 0.4) is 0 Å². The summed E-state index contributed by atoms with van der Waals surface area (Å²) in [5.74, 6) is 0.435. The minimum Gasteiger partial charge on any atom is -0.382 e. The van der Waals surface area contributed by atoms with E-state index in [0.29, 0.717) is 17.4 Å². The van der Waals surface area contributed by atoms with Crippen LogP contribution in [0.2, 0.25) is 0 Å². The maximum Gasteiger partial charge on any atom is 0.165 e. The van der Waals surface area contributed by atoms with E-state index in [9.17, 15) is 0 Å². The number of imidazole rings is 1. The number of nitrogen functional groups attached to an aromatic ring is 1. The van der Waals surface area contributed by atoms with Gasteiger partial charge in [0.2, 0.25) is 0 Å². The van der Waals surface area contributed by atoms with Crippen molar-refractivity contribution in [2.45, 2.75) is 33.7 Å². The normalized spacial score (nSPS) is 14.2. The monoisotopic (exact) mass is 219 g/mol. The summed E-state index contributed by atoms with van der Waals surface area (Å²) >= 11 is 0. The summed E-state index contributed by atoms with van der Waals surface area (Å²) in [7, 11) is 0. The Morgan fingerprint density at radius 2 is 1.94 bits per heavy atom. The zero-order valence-corrected chi connectivity index (χ0v) is 10.1. The number of rotatable bonds is 1. The van der Waals surface area contributed by atoms with Crippen molar-refractivity contribution in [1.29, 1.82) is 0 Å². The van der Waals surface area contributed by atoms with Crippen molar-refractivity contribution in [1.82, 2.24) is 19.5 Å². The first-order chi connectivity index (χ1) is 7.41. The average Bonchev–Trinajstić information content (AvgIpc) is 2.60. The number of anilines is 1. The van der Waals surface area contributed by atoms with Crippen molar-refractivity contribution >= 4 is 17.0 Å². The molecule has 0 radical (unpaired) electrons. The molecule has 0 aliphatic rings. The maximum atomic E-state index is 5.75. The summed E-state index contributed by atoms with van der Waals surface area (Å²) in [5.41, 5.74) is 7.38. The highest BCUT2D eigenvalue weighted by Gasteiger charge is 2.23. The van der Waals surface area contributed by atoms with E-state index in [1.807, 2.05) is 4.57 Å². The van der Waals surface area contributed by atoms with Crippen LogP contribution in [0.25, 0.3) is 11.2 Å². The number of hydrogen-bond donors (Lipinski definition) is 1. The number of nitrogens with zero attached hydrogens (tertiary/aromatic N) is 4. The molecule has 2 aromatic heterocycles. The first-order valence-corrected chi connectivity index (χ1v) is 5.34. The summed E-state index contributed by atoms with van der Waals surface area (Å²) in [6.07, 6.45) is 3.26.